The molecule has 0 aliphatic carbocycles. The third kappa shape index (κ3) is 3.86. The van der Waals surface area contributed by atoms with Crippen molar-refractivity contribution >= 4 is 33.0 Å². The molecular weight excluding hydrogens is 436 g/mol. The van der Waals surface area contributed by atoms with E-state index in [1.807, 2.05) is 48.9 Å². The normalized spacial score (nSPS) is 15.3. The van der Waals surface area contributed by atoms with Crippen molar-refractivity contribution in [2.75, 3.05) is 38.2 Å². The van der Waals surface area contributed by atoms with Crippen molar-refractivity contribution in [1.29, 1.82) is 0 Å². The molecule has 0 radical (unpaired) electrons. The van der Waals surface area contributed by atoms with Gasteiger partial charge in [0.25, 0.3) is 0 Å². The Morgan fingerprint density at radius 1 is 1.06 bits per heavy atom. The topological polar surface area (TPSA) is 84.7 Å². The van der Waals surface area contributed by atoms with Gasteiger partial charge in [-0.1, -0.05) is 18.2 Å². The van der Waals surface area contributed by atoms with Gasteiger partial charge in [0.05, 0.1) is 29.9 Å². The Balaban J connectivity index is 1.54. The number of para-hydroxylation sites is 1. The summed E-state index contributed by atoms with van der Waals surface area (Å²) in [5, 5.41) is 6.29. The monoisotopic (exact) mass is 460 g/mol. The van der Waals surface area contributed by atoms with Crippen LogP contribution in [0.1, 0.15) is 21.1 Å². The first-order valence-electron chi connectivity index (χ1n) is 9.87. The maximum Gasteiger partial charge on any atom is 0.349 e. The third-order valence-corrected chi connectivity index (χ3v) is 8.39. The number of anilines is 1. The van der Waals surface area contributed by atoms with Crippen molar-refractivity contribution in [3.8, 4) is 5.69 Å². The second kappa shape index (κ2) is 8.45. The number of nitrogens with zero attached hydrogens (tertiary/aromatic N) is 4. The van der Waals surface area contributed by atoms with E-state index in [0.29, 0.717) is 26.2 Å². The molecule has 31 heavy (non-hydrogen) atoms. The first-order chi connectivity index (χ1) is 14.8. The Morgan fingerprint density at radius 3 is 2.39 bits per heavy atom. The minimum absolute atomic E-state index is 0.0158. The average molecular weight is 461 g/mol. The molecule has 0 unspecified atom stereocenters. The summed E-state index contributed by atoms with van der Waals surface area (Å²) < 4.78 is 34.4. The molecule has 1 aliphatic rings. The fourth-order valence-electron chi connectivity index (χ4n) is 3.95. The van der Waals surface area contributed by atoms with Crippen LogP contribution in [0, 0.1) is 13.8 Å². The molecule has 164 valence electrons. The Labute approximate surface area is 185 Å². The number of ether oxygens (including phenoxy) is 1. The molecule has 1 aliphatic heterocycles. The highest BCUT2D eigenvalue weighted by molar-refractivity contribution is 7.89. The molecule has 0 bridgehead atoms. The van der Waals surface area contributed by atoms with Crippen LogP contribution in [0.3, 0.4) is 0 Å². The number of benzene rings is 1. The van der Waals surface area contributed by atoms with Gasteiger partial charge in [-0.3, -0.25) is 0 Å². The van der Waals surface area contributed by atoms with Crippen LogP contribution in [0.4, 0.5) is 5.69 Å². The molecule has 0 atom stereocenters. The van der Waals surface area contributed by atoms with Crippen molar-refractivity contribution in [3.63, 3.8) is 0 Å². The third-order valence-electron chi connectivity index (χ3n) is 5.43. The van der Waals surface area contributed by atoms with E-state index in [-0.39, 0.29) is 9.77 Å². The summed E-state index contributed by atoms with van der Waals surface area (Å²) in [6.07, 6.45) is 0. The summed E-state index contributed by atoms with van der Waals surface area (Å²) in [5.74, 6) is -0.633. The van der Waals surface area contributed by atoms with Crippen LogP contribution in [-0.4, -0.2) is 61.8 Å². The number of carbonyl (C=O) groups is 1. The highest BCUT2D eigenvalue weighted by Gasteiger charge is 2.34. The van der Waals surface area contributed by atoms with Crippen molar-refractivity contribution < 1.29 is 17.9 Å². The predicted molar refractivity (Wildman–Crippen MR) is 120 cm³/mol. The summed E-state index contributed by atoms with van der Waals surface area (Å²) >= 11 is 1.07. The van der Waals surface area contributed by atoms with Crippen LogP contribution >= 0.6 is 11.3 Å². The molecule has 0 saturated carbocycles. The Bertz CT molecular complexity index is 1190. The van der Waals surface area contributed by atoms with Gasteiger partial charge in [-0.2, -0.15) is 9.40 Å². The van der Waals surface area contributed by atoms with E-state index in [4.69, 9.17) is 9.84 Å². The highest BCUT2D eigenvalue weighted by Crippen LogP contribution is 2.30. The molecule has 2 aromatic heterocycles. The van der Waals surface area contributed by atoms with Crippen LogP contribution in [0.25, 0.3) is 5.69 Å². The molecule has 0 spiro atoms. The van der Waals surface area contributed by atoms with E-state index < -0.39 is 16.0 Å². The van der Waals surface area contributed by atoms with Gasteiger partial charge < -0.3 is 9.64 Å². The van der Waals surface area contributed by atoms with Gasteiger partial charge in [-0.25, -0.2) is 17.9 Å². The molecule has 10 heteroatoms. The summed E-state index contributed by atoms with van der Waals surface area (Å²) in [5.41, 5.74) is 3.95. The largest absolute Gasteiger partial charge is 0.465 e. The second-order valence-corrected chi connectivity index (χ2v) is 10.1. The van der Waals surface area contributed by atoms with Crippen molar-refractivity contribution in [2.24, 2.45) is 0 Å². The molecule has 0 N–H and O–H groups in total. The van der Waals surface area contributed by atoms with E-state index in [2.05, 4.69) is 4.90 Å². The molecule has 1 aromatic carbocycles. The first-order valence-corrected chi connectivity index (χ1v) is 12.2. The zero-order valence-electron chi connectivity index (χ0n) is 17.6. The Kier molecular flexibility index (Phi) is 5.87. The van der Waals surface area contributed by atoms with Gasteiger partial charge in [0.1, 0.15) is 9.77 Å². The number of thiophene rings is 1. The SMILES string of the molecule is COC(=O)c1sccc1S(=O)(=O)N1CCN(c2c(C)nn(-c3ccccc3)c2C)CC1. The lowest BCUT2D eigenvalue weighted by Gasteiger charge is -2.35. The number of sulfonamides is 1. The van der Waals surface area contributed by atoms with E-state index in [0.717, 1.165) is 34.1 Å². The maximum atomic E-state index is 13.1. The van der Waals surface area contributed by atoms with Gasteiger partial charge in [-0.15, -0.1) is 11.3 Å². The average Bonchev–Trinajstić information content (AvgIpc) is 3.39. The lowest BCUT2D eigenvalue weighted by molar-refractivity contribution is 0.0602. The second-order valence-electron chi connectivity index (χ2n) is 7.26. The molecule has 3 heterocycles. The van der Waals surface area contributed by atoms with Crippen molar-refractivity contribution in [2.45, 2.75) is 18.7 Å². The number of piperazine rings is 1. The van der Waals surface area contributed by atoms with Crippen LogP contribution < -0.4 is 4.90 Å². The quantitative estimate of drug-likeness (QED) is 0.545. The Hall–Kier alpha value is -2.69. The summed E-state index contributed by atoms with van der Waals surface area (Å²) in [6.45, 7) is 5.74. The van der Waals surface area contributed by atoms with Crippen LogP contribution in [0.2, 0.25) is 0 Å². The van der Waals surface area contributed by atoms with E-state index >= 15 is 0 Å². The lowest BCUT2D eigenvalue weighted by Crippen LogP contribution is -2.49. The van der Waals surface area contributed by atoms with Gasteiger partial charge in [0, 0.05) is 26.2 Å². The molecule has 8 nitrogen and oxygen atoms in total. The van der Waals surface area contributed by atoms with E-state index in [1.54, 1.807) is 5.38 Å². The van der Waals surface area contributed by atoms with Gasteiger partial charge in [-0.05, 0) is 37.4 Å². The molecule has 1 fully saturated rings. The zero-order valence-corrected chi connectivity index (χ0v) is 19.2. The van der Waals surface area contributed by atoms with E-state index in [1.165, 1.54) is 17.5 Å². The number of aryl methyl sites for hydroxylation is 1. The van der Waals surface area contributed by atoms with Gasteiger partial charge in [0.15, 0.2) is 0 Å². The van der Waals surface area contributed by atoms with Crippen molar-refractivity contribution in [3.05, 3.63) is 58.0 Å². The molecular formula is C21H24N4O4S2. The number of esters is 1. The number of carbonyl (C=O) groups excluding carboxylic acids is 1. The zero-order chi connectivity index (χ0) is 22.2. The standard InChI is InChI=1S/C21H24N4O4S2/c1-15-19(16(2)25(22-15)17-7-5-4-6-8-17)23-10-12-24(13-11-23)31(27,28)18-9-14-30-20(18)21(26)29-3/h4-9,14H,10-13H2,1-3H3. The van der Waals surface area contributed by atoms with Crippen molar-refractivity contribution in [1.82, 2.24) is 14.1 Å². The van der Waals surface area contributed by atoms with Gasteiger partial charge in [0.2, 0.25) is 10.0 Å². The molecule has 1 saturated heterocycles. The Morgan fingerprint density at radius 2 is 1.74 bits per heavy atom. The van der Waals surface area contributed by atoms with Gasteiger partial charge >= 0.3 is 5.97 Å². The highest BCUT2D eigenvalue weighted by atomic mass is 32.2. The predicted octanol–water partition coefficient (Wildman–Crippen LogP) is 2.85. The molecule has 3 aromatic rings. The number of hydrogen-bond donors (Lipinski definition) is 0. The smallest absolute Gasteiger partial charge is 0.349 e. The van der Waals surface area contributed by atoms with E-state index in [9.17, 15) is 13.2 Å². The first kappa shape index (κ1) is 21.5. The lowest BCUT2D eigenvalue weighted by atomic mass is 10.2. The number of hydrogen-bond acceptors (Lipinski definition) is 7. The minimum atomic E-state index is -3.77. The number of aromatic nitrogens is 2. The maximum absolute atomic E-state index is 13.1. The summed E-state index contributed by atoms with van der Waals surface area (Å²) in [7, 11) is -2.53. The number of rotatable bonds is 5. The summed E-state index contributed by atoms with van der Waals surface area (Å²) in [4.78, 5) is 14.3. The molecule has 0 amide bonds. The fourth-order valence-corrected chi connectivity index (χ4v) is 6.68. The van der Waals surface area contributed by atoms with Crippen LogP contribution in [-0.2, 0) is 14.8 Å². The fraction of sp³-hybridized carbons (Fsp3) is 0.333. The van der Waals surface area contributed by atoms with Crippen LogP contribution in [0.5, 0.6) is 0 Å². The molecule has 4 rings (SSSR count). The summed E-state index contributed by atoms with van der Waals surface area (Å²) in [6, 6.07) is 11.4. The van der Waals surface area contributed by atoms with Crippen LogP contribution in [0.15, 0.2) is 46.7 Å². The number of methoxy groups -OCH3 is 1. The minimum Gasteiger partial charge on any atom is -0.465 e.